The minimum absolute atomic E-state index is 0.000142. The number of carbonyl (C=O) groups is 1. The summed E-state index contributed by atoms with van der Waals surface area (Å²) in [6, 6.07) is 0. The number of thiazole rings is 1. The minimum Gasteiger partial charge on any atom is -0.462 e. The Kier molecular flexibility index (Phi) is 4.65. The van der Waals surface area contributed by atoms with Gasteiger partial charge in [-0.25, -0.2) is 13.4 Å². The Morgan fingerprint density at radius 1 is 1.61 bits per heavy atom. The number of rotatable bonds is 5. The van der Waals surface area contributed by atoms with E-state index in [-0.39, 0.29) is 22.0 Å². The summed E-state index contributed by atoms with van der Waals surface area (Å²) in [5.74, 6) is -0.603. The molecule has 0 radical (unpaired) electrons. The SMILES string of the molecule is CC(C)OC(=O)CN(C)S(=O)(=O)c1cnc(N)s1. The van der Waals surface area contributed by atoms with E-state index in [0.717, 1.165) is 15.6 Å². The third kappa shape index (κ3) is 3.65. The smallest absolute Gasteiger partial charge is 0.321 e. The van der Waals surface area contributed by atoms with Gasteiger partial charge in [-0.2, -0.15) is 4.31 Å². The van der Waals surface area contributed by atoms with Crippen LogP contribution in [0.4, 0.5) is 5.13 Å². The van der Waals surface area contributed by atoms with Crippen molar-refractivity contribution < 1.29 is 17.9 Å². The molecule has 0 bridgehead atoms. The number of carbonyl (C=O) groups excluding carboxylic acids is 1. The third-order valence-corrected chi connectivity index (χ3v) is 4.95. The first-order chi connectivity index (χ1) is 8.23. The summed E-state index contributed by atoms with van der Waals surface area (Å²) in [5, 5.41) is 0.159. The molecule has 0 spiro atoms. The van der Waals surface area contributed by atoms with Crippen LogP contribution in [0.25, 0.3) is 0 Å². The van der Waals surface area contributed by atoms with Crippen LogP contribution in [0.15, 0.2) is 10.4 Å². The van der Waals surface area contributed by atoms with E-state index in [9.17, 15) is 13.2 Å². The maximum atomic E-state index is 12.0. The predicted octanol–water partition coefficient (Wildman–Crippen LogP) is 0.297. The minimum atomic E-state index is -3.74. The number of nitrogen functional groups attached to an aromatic ring is 1. The van der Waals surface area contributed by atoms with Crippen LogP contribution >= 0.6 is 11.3 Å². The van der Waals surface area contributed by atoms with Crippen LogP contribution in [0.1, 0.15) is 13.8 Å². The van der Waals surface area contributed by atoms with Gasteiger partial charge < -0.3 is 10.5 Å². The Hall–Kier alpha value is -1.19. The molecule has 0 atom stereocenters. The molecule has 9 heteroatoms. The van der Waals surface area contributed by atoms with E-state index >= 15 is 0 Å². The molecule has 0 saturated carbocycles. The van der Waals surface area contributed by atoms with Crippen molar-refractivity contribution in [3.63, 3.8) is 0 Å². The highest BCUT2D eigenvalue weighted by molar-refractivity contribution is 7.91. The molecule has 0 amide bonds. The molecule has 0 aliphatic carbocycles. The molecule has 18 heavy (non-hydrogen) atoms. The van der Waals surface area contributed by atoms with Gasteiger partial charge in [0.1, 0.15) is 6.54 Å². The Labute approximate surface area is 110 Å². The highest BCUT2D eigenvalue weighted by Crippen LogP contribution is 2.22. The molecule has 0 saturated heterocycles. The van der Waals surface area contributed by atoms with Gasteiger partial charge in [0.25, 0.3) is 10.0 Å². The molecule has 102 valence electrons. The summed E-state index contributed by atoms with van der Waals surface area (Å²) in [6.07, 6.45) is 0.882. The lowest BCUT2D eigenvalue weighted by Crippen LogP contribution is -2.33. The van der Waals surface area contributed by atoms with Gasteiger partial charge in [0.15, 0.2) is 9.34 Å². The number of ether oxygens (including phenoxy) is 1. The fourth-order valence-electron chi connectivity index (χ4n) is 1.11. The number of esters is 1. The molecule has 1 aromatic rings. The lowest BCUT2D eigenvalue weighted by molar-refractivity contribution is -0.147. The van der Waals surface area contributed by atoms with E-state index in [1.165, 1.54) is 13.2 Å². The van der Waals surface area contributed by atoms with E-state index in [1.54, 1.807) is 13.8 Å². The normalized spacial score (nSPS) is 12.1. The van der Waals surface area contributed by atoms with Gasteiger partial charge in [0, 0.05) is 7.05 Å². The maximum absolute atomic E-state index is 12.0. The molecule has 0 fully saturated rings. The van der Waals surface area contributed by atoms with Crippen LogP contribution in [-0.2, 0) is 19.6 Å². The van der Waals surface area contributed by atoms with Crippen LogP contribution in [0, 0.1) is 0 Å². The Balaban J connectivity index is 2.77. The maximum Gasteiger partial charge on any atom is 0.321 e. The summed E-state index contributed by atoms with van der Waals surface area (Å²) < 4.78 is 29.8. The molecular weight excluding hydrogens is 278 g/mol. The zero-order valence-corrected chi connectivity index (χ0v) is 11.9. The van der Waals surface area contributed by atoms with Crippen LogP contribution in [-0.4, -0.2) is 43.4 Å². The van der Waals surface area contributed by atoms with E-state index in [4.69, 9.17) is 10.5 Å². The van der Waals surface area contributed by atoms with Gasteiger partial charge in [-0.1, -0.05) is 11.3 Å². The molecular formula is C9H15N3O4S2. The van der Waals surface area contributed by atoms with Crippen molar-refractivity contribution in [3.05, 3.63) is 6.20 Å². The average Bonchev–Trinajstić information content (AvgIpc) is 2.63. The topological polar surface area (TPSA) is 103 Å². The molecule has 0 unspecified atom stereocenters. The van der Waals surface area contributed by atoms with Crippen LogP contribution in [0.3, 0.4) is 0 Å². The van der Waals surface area contributed by atoms with Crippen LogP contribution < -0.4 is 5.73 Å². The van der Waals surface area contributed by atoms with Gasteiger partial charge in [-0.3, -0.25) is 4.79 Å². The summed E-state index contributed by atoms with van der Waals surface area (Å²) in [7, 11) is -2.44. The molecule has 1 rings (SSSR count). The van der Waals surface area contributed by atoms with E-state index in [2.05, 4.69) is 4.98 Å². The van der Waals surface area contributed by atoms with Crippen molar-refractivity contribution in [2.24, 2.45) is 0 Å². The van der Waals surface area contributed by atoms with Crippen molar-refractivity contribution in [3.8, 4) is 0 Å². The second-order valence-electron chi connectivity index (χ2n) is 3.82. The fourth-order valence-corrected chi connectivity index (χ4v) is 3.36. The van der Waals surface area contributed by atoms with Gasteiger partial charge in [-0.05, 0) is 13.8 Å². The Morgan fingerprint density at radius 3 is 2.67 bits per heavy atom. The molecule has 1 aromatic heterocycles. The summed E-state index contributed by atoms with van der Waals surface area (Å²) >= 11 is 0.849. The largest absolute Gasteiger partial charge is 0.462 e. The summed E-state index contributed by atoms with van der Waals surface area (Å²) in [6.45, 7) is 3.03. The number of hydrogen-bond acceptors (Lipinski definition) is 7. The molecule has 2 N–H and O–H groups in total. The molecule has 0 aliphatic heterocycles. The van der Waals surface area contributed by atoms with Crippen LogP contribution in [0.5, 0.6) is 0 Å². The van der Waals surface area contributed by atoms with E-state index in [0.29, 0.717) is 0 Å². The number of hydrogen-bond donors (Lipinski definition) is 1. The van der Waals surface area contributed by atoms with Gasteiger partial charge >= 0.3 is 5.97 Å². The number of sulfonamides is 1. The van der Waals surface area contributed by atoms with Gasteiger partial charge in [0.2, 0.25) is 0 Å². The molecule has 1 heterocycles. The highest BCUT2D eigenvalue weighted by atomic mass is 32.2. The zero-order valence-electron chi connectivity index (χ0n) is 10.3. The Bertz CT molecular complexity index is 524. The standard InChI is InChI=1S/C9H15N3O4S2/c1-6(2)16-7(13)5-12(3)18(14,15)8-4-11-9(10)17-8/h4,6H,5H2,1-3H3,(H2,10,11). The summed E-state index contributed by atoms with van der Waals surface area (Å²) in [4.78, 5) is 15.0. The summed E-state index contributed by atoms with van der Waals surface area (Å²) in [5.41, 5.74) is 5.38. The first-order valence-electron chi connectivity index (χ1n) is 5.10. The van der Waals surface area contributed by atoms with Gasteiger partial charge in [0.05, 0.1) is 12.3 Å². The quantitative estimate of drug-likeness (QED) is 0.783. The van der Waals surface area contributed by atoms with Crippen molar-refractivity contribution in [2.75, 3.05) is 19.3 Å². The average molecular weight is 293 g/mol. The van der Waals surface area contributed by atoms with Crippen molar-refractivity contribution in [1.29, 1.82) is 0 Å². The first kappa shape index (κ1) is 14.9. The molecule has 0 aromatic carbocycles. The number of likely N-dealkylation sites (N-methyl/N-ethyl adjacent to an activating group) is 1. The third-order valence-electron chi connectivity index (χ3n) is 1.89. The van der Waals surface area contributed by atoms with Crippen molar-refractivity contribution >= 4 is 32.5 Å². The predicted molar refractivity (Wildman–Crippen MR) is 67.6 cm³/mol. The van der Waals surface area contributed by atoms with E-state index < -0.39 is 16.0 Å². The number of nitrogens with zero attached hydrogens (tertiary/aromatic N) is 2. The lowest BCUT2D eigenvalue weighted by Gasteiger charge is -2.15. The second-order valence-corrected chi connectivity index (χ2v) is 7.15. The molecule has 7 nitrogen and oxygen atoms in total. The number of aromatic nitrogens is 1. The lowest BCUT2D eigenvalue weighted by atomic mass is 10.5. The number of nitrogens with two attached hydrogens (primary N) is 1. The van der Waals surface area contributed by atoms with E-state index in [1.807, 2.05) is 0 Å². The molecule has 0 aliphatic rings. The van der Waals surface area contributed by atoms with Gasteiger partial charge in [-0.15, -0.1) is 0 Å². The highest BCUT2D eigenvalue weighted by Gasteiger charge is 2.25. The monoisotopic (exact) mass is 293 g/mol. The fraction of sp³-hybridized carbons (Fsp3) is 0.556. The zero-order chi connectivity index (χ0) is 13.9. The van der Waals surface area contributed by atoms with Crippen LogP contribution in [0.2, 0.25) is 0 Å². The first-order valence-corrected chi connectivity index (χ1v) is 7.36. The Morgan fingerprint density at radius 2 is 2.22 bits per heavy atom. The van der Waals surface area contributed by atoms with Crippen molar-refractivity contribution in [1.82, 2.24) is 9.29 Å². The second kappa shape index (κ2) is 5.63. The number of anilines is 1. The van der Waals surface area contributed by atoms with Crippen molar-refractivity contribution in [2.45, 2.75) is 24.2 Å².